The van der Waals surface area contributed by atoms with Crippen molar-refractivity contribution in [3.05, 3.63) is 54.4 Å². The second kappa shape index (κ2) is 13.2. The third-order valence-electron chi connectivity index (χ3n) is 6.95. The summed E-state index contributed by atoms with van der Waals surface area (Å²) in [5.74, 6) is -0.848. The molecule has 2 saturated heterocycles. The van der Waals surface area contributed by atoms with Crippen LogP contribution in [0.15, 0.2) is 53.7 Å². The topological polar surface area (TPSA) is 147 Å². The summed E-state index contributed by atoms with van der Waals surface area (Å²) < 4.78 is 38.5. The van der Waals surface area contributed by atoms with E-state index in [4.69, 9.17) is 9.47 Å². The molecule has 0 saturated carbocycles. The van der Waals surface area contributed by atoms with Crippen LogP contribution in [-0.4, -0.2) is 95.1 Å². The minimum atomic E-state index is -4.05. The van der Waals surface area contributed by atoms with E-state index in [1.807, 2.05) is 0 Å². The summed E-state index contributed by atoms with van der Waals surface area (Å²) >= 11 is 1.33. The fourth-order valence-electron chi connectivity index (χ4n) is 4.78. The zero-order valence-electron chi connectivity index (χ0n) is 25.0. The Balaban J connectivity index is 1.52. The molecule has 2 atom stereocenters. The Morgan fingerprint density at radius 3 is 2.42 bits per heavy atom. The number of pyridine rings is 1. The largest absolute Gasteiger partial charge is 0.458 e. The normalized spacial score (nSPS) is 19.8. The average Bonchev–Trinajstić information content (AvgIpc) is 3.29. The van der Waals surface area contributed by atoms with Crippen LogP contribution in [0, 0.1) is 0 Å². The maximum Gasteiger partial charge on any atom is 0.415 e. The number of nitrogens with one attached hydrogen (secondary N) is 2. The molecule has 2 aliphatic heterocycles. The fourth-order valence-corrected chi connectivity index (χ4v) is 7.91. The Morgan fingerprint density at radius 1 is 1.14 bits per heavy atom. The highest BCUT2D eigenvalue weighted by Gasteiger charge is 2.51. The van der Waals surface area contributed by atoms with E-state index in [2.05, 4.69) is 15.6 Å². The molecule has 2 fully saturated rings. The van der Waals surface area contributed by atoms with Gasteiger partial charge in [-0.25, -0.2) is 18.0 Å². The van der Waals surface area contributed by atoms with E-state index in [9.17, 15) is 22.8 Å². The fraction of sp³-hybridized carbons (Fsp3) is 0.517. The summed E-state index contributed by atoms with van der Waals surface area (Å²) in [5, 5.41) is 5.96. The van der Waals surface area contributed by atoms with E-state index in [1.54, 1.807) is 63.8 Å². The first-order valence-electron chi connectivity index (χ1n) is 14.0. The monoisotopic (exact) mass is 633 g/mol. The van der Waals surface area contributed by atoms with Gasteiger partial charge < -0.3 is 25.0 Å². The number of nitrogens with zero attached hydrogens (tertiary/aromatic N) is 3. The Bertz CT molecular complexity index is 1410. The number of sulfonamides is 1. The molecule has 2 N–H and O–H groups in total. The van der Waals surface area contributed by atoms with Crippen LogP contribution in [0.4, 0.5) is 4.79 Å². The maximum absolute atomic E-state index is 13.8. The van der Waals surface area contributed by atoms with Crippen molar-refractivity contribution in [2.24, 2.45) is 0 Å². The van der Waals surface area contributed by atoms with Crippen LogP contribution < -0.4 is 15.4 Å². The van der Waals surface area contributed by atoms with E-state index in [0.29, 0.717) is 37.5 Å². The Labute approximate surface area is 256 Å². The molecule has 234 valence electrons. The lowest BCUT2D eigenvalue weighted by Gasteiger charge is -2.32. The summed E-state index contributed by atoms with van der Waals surface area (Å²) in [6, 6.07) is 7.42. The smallest absolute Gasteiger partial charge is 0.415 e. The van der Waals surface area contributed by atoms with Crippen molar-refractivity contribution in [3.8, 4) is 5.75 Å². The molecule has 0 spiro atoms. The highest BCUT2D eigenvalue weighted by molar-refractivity contribution is 8.02. The molecule has 2 aliphatic rings. The van der Waals surface area contributed by atoms with Gasteiger partial charge in [0, 0.05) is 49.7 Å². The van der Waals surface area contributed by atoms with Crippen LogP contribution >= 0.6 is 11.8 Å². The van der Waals surface area contributed by atoms with Crippen molar-refractivity contribution in [1.29, 1.82) is 0 Å². The first-order valence-corrected chi connectivity index (χ1v) is 16.5. The molecule has 0 aliphatic carbocycles. The van der Waals surface area contributed by atoms with Gasteiger partial charge in [-0.1, -0.05) is 12.1 Å². The number of thioether (sulfide) groups is 1. The van der Waals surface area contributed by atoms with Crippen LogP contribution in [0.3, 0.4) is 0 Å². The standard InChI is InChI=1S/C29H39N5O7S2/c1-28(2,3)41-26(36)23(17-20-8-10-21(11-9-20)40-27(37)33-15-13-30-14-16-33)32-25(35)24-29(4,5)42-19-34(24)43(38,39)22-7-6-12-31-18-22/h6-12,18,23-24,30H,13-17,19H2,1-5H3,(H,32,35)/t23-,24?/m0/s1. The van der Waals surface area contributed by atoms with Gasteiger partial charge in [0.2, 0.25) is 15.9 Å². The van der Waals surface area contributed by atoms with Crippen molar-refractivity contribution in [2.75, 3.05) is 32.1 Å². The Morgan fingerprint density at radius 2 is 1.81 bits per heavy atom. The van der Waals surface area contributed by atoms with E-state index >= 15 is 0 Å². The number of amides is 2. The molecular formula is C29H39N5O7S2. The van der Waals surface area contributed by atoms with Crippen molar-refractivity contribution < 1.29 is 32.3 Å². The molecule has 0 bridgehead atoms. The highest BCUT2D eigenvalue weighted by atomic mass is 32.2. The lowest BCUT2D eigenvalue weighted by Crippen LogP contribution is -2.57. The van der Waals surface area contributed by atoms with E-state index < -0.39 is 50.4 Å². The van der Waals surface area contributed by atoms with Crippen LogP contribution in [0.1, 0.15) is 40.2 Å². The quantitative estimate of drug-likeness (QED) is 0.416. The summed E-state index contributed by atoms with van der Waals surface area (Å²) in [6.45, 7) is 11.3. The van der Waals surface area contributed by atoms with Crippen LogP contribution in [0.2, 0.25) is 0 Å². The molecule has 14 heteroatoms. The maximum atomic E-state index is 13.8. The number of piperazine rings is 1. The zero-order chi connectivity index (χ0) is 31.4. The molecule has 2 aromatic rings. The van der Waals surface area contributed by atoms with Gasteiger partial charge in [0.15, 0.2) is 0 Å². The number of esters is 1. The van der Waals surface area contributed by atoms with E-state index in [0.717, 1.165) is 4.31 Å². The molecule has 1 aromatic heterocycles. The van der Waals surface area contributed by atoms with Gasteiger partial charge in [0.1, 0.15) is 28.3 Å². The zero-order valence-corrected chi connectivity index (χ0v) is 26.7. The average molecular weight is 634 g/mol. The minimum absolute atomic E-state index is 0.0208. The van der Waals surface area contributed by atoms with Crippen LogP contribution in [0.5, 0.6) is 5.75 Å². The molecule has 43 heavy (non-hydrogen) atoms. The molecule has 4 rings (SSSR count). The van der Waals surface area contributed by atoms with E-state index in [1.165, 1.54) is 36.3 Å². The predicted octanol–water partition coefficient (Wildman–Crippen LogP) is 2.40. The van der Waals surface area contributed by atoms with Crippen molar-refractivity contribution in [1.82, 2.24) is 24.8 Å². The number of hydrogen-bond donors (Lipinski definition) is 2. The van der Waals surface area contributed by atoms with Gasteiger partial charge in [0.25, 0.3) is 0 Å². The lowest BCUT2D eigenvalue weighted by atomic mass is 10.0. The number of hydrogen-bond acceptors (Lipinski definition) is 10. The third kappa shape index (κ3) is 8.25. The second-order valence-corrected chi connectivity index (χ2v) is 15.4. The molecule has 2 amide bonds. The lowest BCUT2D eigenvalue weighted by molar-refractivity contribution is -0.158. The van der Waals surface area contributed by atoms with Crippen LogP contribution in [0.25, 0.3) is 0 Å². The third-order valence-corrected chi connectivity index (χ3v) is 10.3. The first kappa shape index (κ1) is 32.7. The van der Waals surface area contributed by atoms with E-state index in [-0.39, 0.29) is 17.2 Å². The number of benzene rings is 1. The molecule has 1 aromatic carbocycles. The van der Waals surface area contributed by atoms with Gasteiger partial charge in [-0.15, -0.1) is 11.8 Å². The second-order valence-electron chi connectivity index (χ2n) is 11.9. The van der Waals surface area contributed by atoms with Crippen molar-refractivity contribution in [3.63, 3.8) is 0 Å². The van der Waals surface area contributed by atoms with Gasteiger partial charge in [-0.05, 0) is 64.4 Å². The number of carbonyl (C=O) groups is 3. The summed E-state index contributed by atoms with van der Waals surface area (Å²) in [5.41, 5.74) is -0.140. The number of aromatic nitrogens is 1. The summed E-state index contributed by atoms with van der Waals surface area (Å²) in [4.78, 5) is 45.1. The minimum Gasteiger partial charge on any atom is -0.458 e. The Hall–Kier alpha value is -3.20. The molecule has 3 heterocycles. The van der Waals surface area contributed by atoms with Crippen molar-refractivity contribution in [2.45, 2.75) is 68.4 Å². The van der Waals surface area contributed by atoms with Gasteiger partial charge >= 0.3 is 12.1 Å². The van der Waals surface area contributed by atoms with Gasteiger partial charge in [0.05, 0.1) is 5.88 Å². The van der Waals surface area contributed by atoms with Gasteiger partial charge in [-0.2, -0.15) is 4.31 Å². The SMILES string of the molecule is CC(C)(C)OC(=O)[C@H](Cc1ccc(OC(=O)N2CCNCC2)cc1)NC(=O)C1N(S(=O)(=O)c2cccnc2)CSC1(C)C. The first-order chi connectivity index (χ1) is 20.2. The molecule has 12 nitrogen and oxygen atoms in total. The highest BCUT2D eigenvalue weighted by Crippen LogP contribution is 2.42. The van der Waals surface area contributed by atoms with Crippen molar-refractivity contribution >= 4 is 39.8 Å². The predicted molar refractivity (Wildman–Crippen MR) is 162 cm³/mol. The number of carbonyl (C=O) groups excluding carboxylic acids is 3. The molecular weight excluding hydrogens is 594 g/mol. The Kier molecular flexibility index (Phi) is 10.0. The van der Waals surface area contributed by atoms with Crippen LogP contribution in [-0.2, 0) is 30.8 Å². The number of ether oxygens (including phenoxy) is 2. The molecule has 1 unspecified atom stereocenters. The summed E-state index contributed by atoms with van der Waals surface area (Å²) in [7, 11) is -4.05. The summed E-state index contributed by atoms with van der Waals surface area (Å²) in [6.07, 6.45) is 2.35. The molecule has 0 radical (unpaired) electrons. The number of rotatable bonds is 8. The van der Waals surface area contributed by atoms with Gasteiger partial charge in [-0.3, -0.25) is 9.78 Å².